The average molecular weight is 274 g/mol. The van der Waals surface area contributed by atoms with Gasteiger partial charge in [0.25, 0.3) is 5.69 Å². The Morgan fingerprint density at radius 2 is 2.15 bits per heavy atom. The summed E-state index contributed by atoms with van der Waals surface area (Å²) < 4.78 is 5.37. The maximum absolute atomic E-state index is 11.0. The predicted octanol–water partition coefficient (Wildman–Crippen LogP) is 2.79. The van der Waals surface area contributed by atoms with Crippen molar-refractivity contribution in [3.63, 3.8) is 0 Å². The van der Waals surface area contributed by atoms with Gasteiger partial charge in [0, 0.05) is 11.8 Å². The number of nitro groups is 1. The minimum atomic E-state index is -1.16. The molecule has 0 bridgehead atoms. The summed E-state index contributed by atoms with van der Waals surface area (Å²) in [6.45, 7) is 1.61. The summed E-state index contributed by atoms with van der Waals surface area (Å²) >= 11 is 0. The topological polar surface area (TPSA) is 103 Å². The summed E-state index contributed by atoms with van der Waals surface area (Å²) in [5, 5.41) is 19.9. The normalized spacial score (nSPS) is 10.1. The number of aryl methyl sites for hydroxylation is 1. The Hall–Kier alpha value is -2.96. The third kappa shape index (κ3) is 2.72. The molecule has 0 spiro atoms. The van der Waals surface area contributed by atoms with Gasteiger partial charge in [-0.25, -0.2) is 4.79 Å². The van der Waals surface area contributed by atoms with E-state index in [4.69, 9.17) is 9.84 Å². The van der Waals surface area contributed by atoms with Crippen LogP contribution in [-0.2, 0) is 0 Å². The zero-order valence-electron chi connectivity index (χ0n) is 10.4. The van der Waals surface area contributed by atoms with E-state index in [1.54, 1.807) is 6.92 Å². The largest absolute Gasteiger partial charge is 0.478 e. The molecular formula is C13H10N2O5. The van der Waals surface area contributed by atoms with Crippen molar-refractivity contribution in [2.45, 2.75) is 6.92 Å². The second-order valence-electron chi connectivity index (χ2n) is 3.98. The molecule has 0 saturated carbocycles. The number of pyridine rings is 1. The van der Waals surface area contributed by atoms with Crippen LogP contribution in [0, 0.1) is 17.0 Å². The molecule has 102 valence electrons. The minimum absolute atomic E-state index is 0.0261. The Labute approximate surface area is 113 Å². The number of carboxylic acid groups (broad SMARTS) is 1. The fourth-order valence-corrected chi connectivity index (χ4v) is 1.61. The first-order valence-electron chi connectivity index (χ1n) is 5.59. The van der Waals surface area contributed by atoms with E-state index >= 15 is 0 Å². The second-order valence-corrected chi connectivity index (χ2v) is 3.98. The van der Waals surface area contributed by atoms with E-state index in [9.17, 15) is 14.9 Å². The first kappa shape index (κ1) is 13.5. The number of nitrogens with zero attached hydrogens (tertiary/aromatic N) is 2. The average Bonchev–Trinajstić information content (AvgIpc) is 2.41. The van der Waals surface area contributed by atoms with Crippen LogP contribution in [0.15, 0.2) is 36.7 Å². The van der Waals surface area contributed by atoms with Gasteiger partial charge < -0.3 is 9.84 Å². The van der Waals surface area contributed by atoms with E-state index in [1.807, 2.05) is 0 Å². The number of ether oxygens (including phenoxy) is 1. The van der Waals surface area contributed by atoms with Gasteiger partial charge in [0.15, 0.2) is 5.75 Å². The van der Waals surface area contributed by atoms with Crippen molar-refractivity contribution in [2.75, 3.05) is 0 Å². The van der Waals surface area contributed by atoms with Crippen molar-refractivity contribution in [3.05, 3.63) is 57.9 Å². The fraction of sp³-hybridized carbons (Fsp3) is 0.0769. The second kappa shape index (κ2) is 5.35. The molecule has 1 N–H and O–H groups in total. The summed E-state index contributed by atoms with van der Waals surface area (Å²) in [5.74, 6) is -0.958. The van der Waals surface area contributed by atoms with Crippen molar-refractivity contribution in [1.29, 1.82) is 0 Å². The van der Waals surface area contributed by atoms with Gasteiger partial charge in [0.2, 0.25) is 0 Å². The van der Waals surface area contributed by atoms with Crippen LogP contribution in [0.5, 0.6) is 11.5 Å². The molecule has 2 aromatic rings. The number of hydrogen-bond acceptors (Lipinski definition) is 5. The van der Waals surface area contributed by atoms with Crippen LogP contribution in [0.4, 0.5) is 5.69 Å². The molecule has 0 saturated heterocycles. The van der Waals surface area contributed by atoms with Gasteiger partial charge in [-0.3, -0.25) is 15.1 Å². The van der Waals surface area contributed by atoms with Gasteiger partial charge in [-0.15, -0.1) is 0 Å². The van der Waals surface area contributed by atoms with Gasteiger partial charge in [0.1, 0.15) is 11.3 Å². The van der Waals surface area contributed by atoms with E-state index in [1.165, 1.54) is 36.7 Å². The van der Waals surface area contributed by atoms with Crippen LogP contribution in [-0.4, -0.2) is 21.0 Å². The maximum atomic E-state index is 11.0. The van der Waals surface area contributed by atoms with Gasteiger partial charge in [-0.2, -0.15) is 0 Å². The summed E-state index contributed by atoms with van der Waals surface area (Å²) in [4.78, 5) is 25.1. The molecule has 0 aliphatic rings. The first-order valence-corrected chi connectivity index (χ1v) is 5.59. The van der Waals surface area contributed by atoms with Crippen molar-refractivity contribution >= 4 is 11.7 Å². The molecule has 0 aliphatic carbocycles. The Morgan fingerprint density at radius 3 is 2.80 bits per heavy atom. The molecule has 2 rings (SSSR count). The lowest BCUT2D eigenvalue weighted by atomic mass is 10.2. The zero-order valence-corrected chi connectivity index (χ0v) is 10.4. The highest BCUT2D eigenvalue weighted by Crippen LogP contribution is 2.29. The summed E-state index contributed by atoms with van der Waals surface area (Å²) in [7, 11) is 0. The molecule has 0 amide bonds. The van der Waals surface area contributed by atoms with Gasteiger partial charge >= 0.3 is 5.97 Å². The number of hydrogen-bond donors (Lipinski definition) is 1. The molecular weight excluding hydrogens is 264 g/mol. The predicted molar refractivity (Wildman–Crippen MR) is 69.1 cm³/mol. The zero-order chi connectivity index (χ0) is 14.7. The van der Waals surface area contributed by atoms with Crippen LogP contribution in [0.2, 0.25) is 0 Å². The number of nitro benzene ring substituents is 1. The minimum Gasteiger partial charge on any atom is -0.478 e. The summed E-state index contributed by atoms with van der Waals surface area (Å²) in [6.07, 6.45) is 2.57. The van der Waals surface area contributed by atoms with Gasteiger partial charge in [0.05, 0.1) is 17.2 Å². The van der Waals surface area contributed by atoms with Crippen LogP contribution in [0.25, 0.3) is 0 Å². The highest BCUT2D eigenvalue weighted by Gasteiger charge is 2.15. The van der Waals surface area contributed by atoms with E-state index < -0.39 is 10.9 Å². The maximum Gasteiger partial charge on any atom is 0.339 e. The lowest BCUT2D eigenvalue weighted by Gasteiger charge is -2.08. The lowest BCUT2D eigenvalue weighted by Crippen LogP contribution is -2.00. The summed E-state index contributed by atoms with van der Waals surface area (Å²) in [6, 6.07) is 5.60. The van der Waals surface area contributed by atoms with E-state index in [2.05, 4.69) is 4.98 Å². The molecule has 20 heavy (non-hydrogen) atoms. The standard InChI is InChI=1S/C13H10N2O5/c1-8-2-3-9(6-11(8)15(18)19)20-12-7-14-5-4-10(12)13(16)17/h2-7H,1H3,(H,16,17). The smallest absolute Gasteiger partial charge is 0.339 e. The molecule has 0 atom stereocenters. The Balaban J connectivity index is 2.38. The van der Waals surface area contributed by atoms with E-state index in [-0.39, 0.29) is 22.7 Å². The number of aromatic nitrogens is 1. The molecule has 0 unspecified atom stereocenters. The Kier molecular flexibility index (Phi) is 3.60. The summed E-state index contributed by atoms with van der Waals surface area (Å²) in [5.41, 5.74) is 0.332. The molecule has 0 radical (unpaired) electrons. The van der Waals surface area contributed by atoms with E-state index in [0.717, 1.165) is 0 Å². The van der Waals surface area contributed by atoms with Crippen molar-refractivity contribution < 1.29 is 19.6 Å². The highest BCUT2D eigenvalue weighted by atomic mass is 16.6. The Bertz CT molecular complexity index is 684. The van der Waals surface area contributed by atoms with Crippen molar-refractivity contribution in [3.8, 4) is 11.5 Å². The molecule has 7 heteroatoms. The number of carboxylic acids is 1. The molecule has 0 fully saturated rings. The first-order chi connectivity index (χ1) is 9.49. The van der Waals surface area contributed by atoms with E-state index in [0.29, 0.717) is 5.56 Å². The van der Waals surface area contributed by atoms with Crippen LogP contribution < -0.4 is 4.74 Å². The van der Waals surface area contributed by atoms with Crippen LogP contribution in [0.3, 0.4) is 0 Å². The monoisotopic (exact) mass is 274 g/mol. The van der Waals surface area contributed by atoms with Crippen LogP contribution in [0.1, 0.15) is 15.9 Å². The Morgan fingerprint density at radius 1 is 1.40 bits per heavy atom. The van der Waals surface area contributed by atoms with Gasteiger partial charge in [-0.05, 0) is 25.1 Å². The SMILES string of the molecule is Cc1ccc(Oc2cnccc2C(=O)O)cc1[N+](=O)[O-]. The third-order valence-corrected chi connectivity index (χ3v) is 2.62. The van der Waals surface area contributed by atoms with Crippen LogP contribution >= 0.6 is 0 Å². The number of carbonyl (C=O) groups is 1. The molecule has 7 nitrogen and oxygen atoms in total. The number of rotatable bonds is 4. The van der Waals surface area contributed by atoms with Crippen molar-refractivity contribution in [1.82, 2.24) is 4.98 Å². The van der Waals surface area contributed by atoms with Gasteiger partial charge in [-0.1, -0.05) is 0 Å². The molecule has 1 aromatic heterocycles. The van der Waals surface area contributed by atoms with Crippen molar-refractivity contribution in [2.24, 2.45) is 0 Å². The quantitative estimate of drug-likeness (QED) is 0.679. The molecule has 1 aromatic carbocycles. The number of aromatic carboxylic acids is 1. The molecule has 0 aliphatic heterocycles. The lowest BCUT2D eigenvalue weighted by molar-refractivity contribution is -0.385. The number of benzene rings is 1. The third-order valence-electron chi connectivity index (χ3n) is 2.62. The molecule has 1 heterocycles. The fourth-order valence-electron chi connectivity index (χ4n) is 1.61. The highest BCUT2D eigenvalue weighted by molar-refractivity contribution is 5.90.